The van der Waals surface area contributed by atoms with E-state index in [1.54, 1.807) is 17.5 Å². The molecule has 7 heteroatoms. The van der Waals surface area contributed by atoms with E-state index in [2.05, 4.69) is 46.5 Å². The third-order valence-corrected chi connectivity index (χ3v) is 6.42. The van der Waals surface area contributed by atoms with Crippen LogP contribution in [0.25, 0.3) is 10.6 Å². The first-order chi connectivity index (χ1) is 14.1. The Morgan fingerprint density at radius 2 is 1.97 bits per heavy atom. The van der Waals surface area contributed by atoms with Gasteiger partial charge in [0, 0.05) is 35.3 Å². The van der Waals surface area contributed by atoms with Gasteiger partial charge >= 0.3 is 0 Å². The number of anilines is 1. The van der Waals surface area contributed by atoms with Crippen LogP contribution in [0.4, 0.5) is 5.69 Å². The van der Waals surface area contributed by atoms with Gasteiger partial charge in [0.25, 0.3) is 0 Å². The summed E-state index contributed by atoms with van der Waals surface area (Å²) in [6, 6.07) is 16.0. The van der Waals surface area contributed by atoms with Crippen molar-refractivity contribution in [3.05, 3.63) is 77.6 Å². The smallest absolute Gasteiger partial charge is 0.230 e. The molecule has 2 aromatic heterocycles. The summed E-state index contributed by atoms with van der Waals surface area (Å²) >= 11 is 3.08. The zero-order chi connectivity index (χ0) is 20.2. The molecule has 0 saturated carbocycles. The number of rotatable bonds is 6. The molecule has 0 radical (unpaired) electrons. The van der Waals surface area contributed by atoms with Crippen molar-refractivity contribution in [3.63, 3.8) is 0 Å². The zero-order valence-corrected chi connectivity index (χ0v) is 17.8. The van der Waals surface area contributed by atoms with E-state index in [1.807, 2.05) is 47.5 Å². The van der Waals surface area contributed by atoms with Crippen LogP contribution in [-0.4, -0.2) is 20.4 Å². The number of nitrogens with one attached hydrogen (secondary N) is 1. The summed E-state index contributed by atoms with van der Waals surface area (Å²) in [5, 5.41) is 6.76. The molecule has 5 nitrogen and oxygen atoms in total. The summed E-state index contributed by atoms with van der Waals surface area (Å²) in [5.74, 6) is -0.0846. The van der Waals surface area contributed by atoms with Gasteiger partial charge in [0.2, 0.25) is 5.91 Å². The topological polar surface area (TPSA) is 59.8 Å². The largest absolute Gasteiger partial charge is 0.329 e. The van der Waals surface area contributed by atoms with Crippen molar-refractivity contribution in [2.45, 2.75) is 23.4 Å². The van der Waals surface area contributed by atoms with Gasteiger partial charge in [-0.25, -0.2) is 9.97 Å². The lowest BCUT2D eigenvalue weighted by Gasteiger charge is -2.10. The molecule has 4 rings (SSSR count). The van der Waals surface area contributed by atoms with Crippen molar-refractivity contribution in [1.29, 1.82) is 0 Å². The number of benzene rings is 2. The number of para-hydroxylation sites is 1. The number of amides is 1. The summed E-state index contributed by atoms with van der Waals surface area (Å²) < 4.78 is 1.95. The van der Waals surface area contributed by atoms with E-state index in [0.29, 0.717) is 0 Å². The van der Waals surface area contributed by atoms with Crippen molar-refractivity contribution in [2.24, 2.45) is 7.05 Å². The quantitative estimate of drug-likeness (QED) is 0.467. The number of carbonyl (C=O) groups excluding carboxylic acids is 1. The molecule has 0 bridgehead atoms. The lowest BCUT2D eigenvalue weighted by atomic mass is 10.2. The van der Waals surface area contributed by atoms with E-state index in [9.17, 15) is 4.79 Å². The Hall–Kier alpha value is -2.90. The molecular formula is C22H20N4OS2. The Morgan fingerprint density at radius 1 is 1.17 bits per heavy atom. The number of hydrogen-bond acceptors (Lipinski definition) is 5. The van der Waals surface area contributed by atoms with Gasteiger partial charge in [0.15, 0.2) is 5.16 Å². The molecule has 146 valence electrons. The summed E-state index contributed by atoms with van der Waals surface area (Å²) in [4.78, 5) is 22.5. The van der Waals surface area contributed by atoms with Crippen LogP contribution in [0.1, 0.15) is 11.3 Å². The summed E-state index contributed by atoms with van der Waals surface area (Å²) in [6.07, 6.45) is 3.90. The first kappa shape index (κ1) is 19.4. The molecule has 0 aliphatic heterocycles. The highest BCUT2D eigenvalue weighted by atomic mass is 32.2. The minimum absolute atomic E-state index is 0.0846. The summed E-state index contributed by atoms with van der Waals surface area (Å²) in [6.45, 7) is 2.06. The third-order valence-electron chi connectivity index (χ3n) is 4.33. The zero-order valence-electron chi connectivity index (χ0n) is 16.1. The molecule has 0 aliphatic rings. The van der Waals surface area contributed by atoms with E-state index >= 15 is 0 Å². The van der Waals surface area contributed by atoms with Crippen LogP contribution in [0, 0.1) is 6.92 Å². The maximum absolute atomic E-state index is 12.6. The van der Waals surface area contributed by atoms with Crippen LogP contribution in [0.5, 0.6) is 0 Å². The van der Waals surface area contributed by atoms with Crippen molar-refractivity contribution >= 4 is 34.7 Å². The number of imidazole rings is 1. The number of hydrogen-bond donors (Lipinski definition) is 1. The standard InChI is InChI=1S/C22H20N4OS2/c1-15-7-9-16(10-8-15)21-24-17(14-28-21)13-20(27)25-18-5-3-4-6-19(18)29-22-23-11-12-26(22)2/h3-12,14H,13H2,1-2H3,(H,25,27). The molecule has 2 aromatic carbocycles. The van der Waals surface area contributed by atoms with Gasteiger partial charge in [-0.2, -0.15) is 0 Å². The van der Waals surface area contributed by atoms with E-state index in [1.165, 1.54) is 17.3 Å². The maximum Gasteiger partial charge on any atom is 0.230 e. The van der Waals surface area contributed by atoms with Gasteiger partial charge in [0.05, 0.1) is 17.8 Å². The van der Waals surface area contributed by atoms with Crippen molar-refractivity contribution < 1.29 is 4.79 Å². The van der Waals surface area contributed by atoms with Gasteiger partial charge in [0.1, 0.15) is 5.01 Å². The second kappa shape index (κ2) is 8.63. The highest BCUT2D eigenvalue weighted by molar-refractivity contribution is 7.99. The van der Waals surface area contributed by atoms with E-state index in [4.69, 9.17) is 0 Å². The van der Waals surface area contributed by atoms with Crippen LogP contribution in [0.15, 0.2) is 76.4 Å². The Balaban J connectivity index is 1.44. The molecule has 0 fully saturated rings. The fourth-order valence-corrected chi connectivity index (χ4v) is 4.50. The van der Waals surface area contributed by atoms with E-state index in [0.717, 1.165) is 32.0 Å². The number of aromatic nitrogens is 3. The summed E-state index contributed by atoms with van der Waals surface area (Å²) in [7, 11) is 1.95. The first-order valence-corrected chi connectivity index (χ1v) is 10.8. The Bertz CT molecular complexity index is 1130. The lowest BCUT2D eigenvalue weighted by Crippen LogP contribution is -2.15. The highest BCUT2D eigenvalue weighted by Crippen LogP contribution is 2.32. The Morgan fingerprint density at radius 3 is 2.72 bits per heavy atom. The van der Waals surface area contributed by atoms with Gasteiger partial charge in [-0.3, -0.25) is 4.79 Å². The molecule has 0 unspecified atom stereocenters. The average molecular weight is 421 g/mol. The molecule has 4 aromatic rings. The second-order valence-electron chi connectivity index (χ2n) is 6.65. The lowest BCUT2D eigenvalue weighted by molar-refractivity contribution is -0.115. The van der Waals surface area contributed by atoms with Crippen LogP contribution in [0.3, 0.4) is 0 Å². The Labute approximate surface area is 177 Å². The van der Waals surface area contributed by atoms with Crippen molar-refractivity contribution in [3.8, 4) is 10.6 Å². The van der Waals surface area contributed by atoms with E-state index < -0.39 is 0 Å². The Kier molecular flexibility index (Phi) is 5.78. The van der Waals surface area contributed by atoms with Crippen LogP contribution in [-0.2, 0) is 18.3 Å². The number of aryl methyl sites for hydroxylation is 2. The number of thiazole rings is 1. The molecular weight excluding hydrogens is 400 g/mol. The van der Waals surface area contributed by atoms with Gasteiger partial charge < -0.3 is 9.88 Å². The van der Waals surface area contributed by atoms with Crippen LogP contribution < -0.4 is 5.32 Å². The van der Waals surface area contributed by atoms with Crippen LogP contribution >= 0.6 is 23.1 Å². The number of nitrogens with zero attached hydrogens (tertiary/aromatic N) is 3. The number of carbonyl (C=O) groups is 1. The third kappa shape index (κ3) is 4.75. The van der Waals surface area contributed by atoms with Crippen molar-refractivity contribution in [2.75, 3.05) is 5.32 Å². The molecule has 0 spiro atoms. The van der Waals surface area contributed by atoms with Gasteiger partial charge in [-0.05, 0) is 30.8 Å². The van der Waals surface area contributed by atoms with Gasteiger partial charge in [-0.1, -0.05) is 42.0 Å². The van der Waals surface area contributed by atoms with Crippen molar-refractivity contribution in [1.82, 2.24) is 14.5 Å². The van der Waals surface area contributed by atoms with Crippen LogP contribution in [0.2, 0.25) is 0 Å². The molecule has 29 heavy (non-hydrogen) atoms. The molecule has 1 amide bonds. The normalized spacial score (nSPS) is 10.8. The molecule has 2 heterocycles. The van der Waals surface area contributed by atoms with E-state index in [-0.39, 0.29) is 12.3 Å². The predicted octanol–water partition coefficient (Wildman–Crippen LogP) is 5.18. The monoisotopic (exact) mass is 420 g/mol. The molecule has 0 atom stereocenters. The minimum Gasteiger partial charge on any atom is -0.329 e. The minimum atomic E-state index is -0.0846. The fraction of sp³-hybridized carbons (Fsp3) is 0.136. The molecule has 0 saturated heterocycles. The molecule has 0 aliphatic carbocycles. The van der Waals surface area contributed by atoms with Gasteiger partial charge in [-0.15, -0.1) is 11.3 Å². The first-order valence-electron chi connectivity index (χ1n) is 9.14. The predicted molar refractivity (Wildman–Crippen MR) is 118 cm³/mol. The second-order valence-corrected chi connectivity index (χ2v) is 8.52. The highest BCUT2D eigenvalue weighted by Gasteiger charge is 2.13. The average Bonchev–Trinajstić information content (AvgIpc) is 3.33. The fourth-order valence-electron chi connectivity index (χ4n) is 2.78. The SMILES string of the molecule is Cc1ccc(-c2nc(CC(=O)Nc3ccccc3Sc3nccn3C)cs2)cc1. The molecule has 1 N–H and O–H groups in total. The maximum atomic E-state index is 12.6. The summed E-state index contributed by atoms with van der Waals surface area (Å²) in [5.41, 5.74) is 3.84.